The molecule has 0 N–H and O–H groups in total. The summed E-state index contributed by atoms with van der Waals surface area (Å²) >= 11 is 4.50. The maximum absolute atomic E-state index is 11.1. The molecule has 0 aromatic heterocycles. The van der Waals surface area contributed by atoms with Crippen LogP contribution >= 0.6 is 45.2 Å². The number of carbonyl (C=O) groups is 1. The number of alkyl halides is 2. The van der Waals surface area contributed by atoms with Gasteiger partial charge >= 0.3 is 5.97 Å². The summed E-state index contributed by atoms with van der Waals surface area (Å²) in [6.07, 6.45) is 3.26. The van der Waals surface area contributed by atoms with E-state index >= 15 is 0 Å². The highest BCUT2D eigenvalue weighted by molar-refractivity contribution is 14.1. The van der Waals surface area contributed by atoms with E-state index in [4.69, 9.17) is 4.74 Å². The van der Waals surface area contributed by atoms with Gasteiger partial charge in [0.2, 0.25) is 0 Å². The average Bonchev–Trinajstić information content (AvgIpc) is 2.05. The Morgan fingerprint density at radius 3 is 2.67 bits per heavy atom. The first-order valence-corrected chi connectivity index (χ1v) is 6.86. The molecule has 0 bridgehead atoms. The summed E-state index contributed by atoms with van der Waals surface area (Å²) in [7, 11) is 0. The van der Waals surface area contributed by atoms with Crippen molar-refractivity contribution in [2.75, 3.05) is 11.0 Å². The first-order valence-electron chi connectivity index (χ1n) is 4.09. The SMILES string of the molecule is CCOC(=O)C(I)CCCCI. The molecule has 0 amide bonds. The maximum atomic E-state index is 11.1. The van der Waals surface area contributed by atoms with Gasteiger partial charge in [0.05, 0.1) is 6.61 Å². The number of hydrogen-bond acceptors (Lipinski definition) is 2. The topological polar surface area (TPSA) is 26.3 Å². The summed E-state index contributed by atoms with van der Waals surface area (Å²) in [6, 6.07) is 0. The van der Waals surface area contributed by atoms with Crippen LogP contribution in [0.2, 0.25) is 0 Å². The van der Waals surface area contributed by atoms with E-state index in [0.717, 1.165) is 12.8 Å². The number of hydrogen-bond donors (Lipinski definition) is 0. The minimum atomic E-state index is -0.0634. The van der Waals surface area contributed by atoms with Crippen molar-refractivity contribution in [1.29, 1.82) is 0 Å². The third-order valence-electron chi connectivity index (χ3n) is 1.38. The minimum absolute atomic E-state index is 0.0468. The van der Waals surface area contributed by atoms with Gasteiger partial charge in [-0.15, -0.1) is 0 Å². The van der Waals surface area contributed by atoms with E-state index < -0.39 is 0 Å². The Bertz CT molecular complexity index is 128. The number of halogens is 2. The van der Waals surface area contributed by atoms with Gasteiger partial charge in [-0.2, -0.15) is 0 Å². The molecule has 0 saturated carbocycles. The Balaban J connectivity index is 3.42. The Hall–Kier alpha value is 0.930. The van der Waals surface area contributed by atoms with Crippen molar-refractivity contribution in [2.45, 2.75) is 30.1 Å². The summed E-state index contributed by atoms with van der Waals surface area (Å²) in [5, 5.41) is 0. The fourth-order valence-electron chi connectivity index (χ4n) is 0.769. The van der Waals surface area contributed by atoms with Crippen molar-refractivity contribution in [1.82, 2.24) is 0 Å². The fourth-order valence-corrected chi connectivity index (χ4v) is 1.93. The van der Waals surface area contributed by atoms with Crippen LogP contribution in [0.5, 0.6) is 0 Å². The molecular weight excluding hydrogens is 382 g/mol. The van der Waals surface area contributed by atoms with Gasteiger partial charge in [0.1, 0.15) is 3.92 Å². The van der Waals surface area contributed by atoms with Gasteiger partial charge in [0.25, 0.3) is 0 Å². The van der Waals surface area contributed by atoms with Crippen LogP contribution in [-0.4, -0.2) is 20.9 Å². The van der Waals surface area contributed by atoms with Gasteiger partial charge in [0.15, 0.2) is 0 Å². The summed E-state index contributed by atoms with van der Waals surface area (Å²) in [4.78, 5) is 11.1. The lowest BCUT2D eigenvalue weighted by Crippen LogP contribution is -2.17. The van der Waals surface area contributed by atoms with Crippen LogP contribution in [0.3, 0.4) is 0 Å². The average molecular weight is 396 g/mol. The van der Waals surface area contributed by atoms with Crippen LogP contribution in [-0.2, 0) is 9.53 Å². The molecule has 0 rings (SSSR count). The van der Waals surface area contributed by atoms with Crippen molar-refractivity contribution in [3.63, 3.8) is 0 Å². The predicted octanol–water partition coefficient (Wildman–Crippen LogP) is 2.96. The van der Waals surface area contributed by atoms with Crippen molar-refractivity contribution >= 4 is 51.2 Å². The Morgan fingerprint density at radius 2 is 2.17 bits per heavy atom. The normalized spacial score (nSPS) is 12.6. The summed E-state index contributed by atoms with van der Waals surface area (Å²) in [6.45, 7) is 2.33. The second-order valence-electron chi connectivity index (χ2n) is 2.40. The van der Waals surface area contributed by atoms with Gasteiger partial charge in [-0.05, 0) is 24.2 Å². The van der Waals surface area contributed by atoms with Crippen LogP contribution in [0.25, 0.3) is 0 Å². The molecule has 0 saturated heterocycles. The lowest BCUT2D eigenvalue weighted by molar-refractivity contribution is -0.142. The van der Waals surface area contributed by atoms with E-state index in [2.05, 4.69) is 45.2 Å². The zero-order valence-corrected chi connectivity index (χ0v) is 11.5. The van der Waals surface area contributed by atoms with E-state index in [1.54, 1.807) is 0 Å². The van der Waals surface area contributed by atoms with Crippen molar-refractivity contribution in [2.24, 2.45) is 0 Å². The fraction of sp³-hybridized carbons (Fsp3) is 0.875. The predicted molar refractivity (Wildman–Crippen MR) is 67.2 cm³/mol. The molecule has 2 nitrogen and oxygen atoms in total. The summed E-state index contributed by atoms with van der Waals surface area (Å²) < 4.78 is 6.10. The van der Waals surface area contributed by atoms with E-state index in [1.807, 2.05) is 6.92 Å². The largest absolute Gasteiger partial charge is 0.465 e. The monoisotopic (exact) mass is 396 g/mol. The molecule has 0 aromatic rings. The Kier molecular flexibility index (Phi) is 9.19. The van der Waals surface area contributed by atoms with E-state index in [1.165, 1.54) is 10.8 Å². The van der Waals surface area contributed by atoms with Crippen LogP contribution in [0.15, 0.2) is 0 Å². The molecule has 0 spiro atoms. The van der Waals surface area contributed by atoms with Crippen LogP contribution in [0, 0.1) is 0 Å². The quantitative estimate of drug-likeness (QED) is 0.299. The zero-order chi connectivity index (χ0) is 9.40. The molecular formula is C8H14I2O2. The van der Waals surface area contributed by atoms with Crippen LogP contribution in [0.4, 0.5) is 0 Å². The van der Waals surface area contributed by atoms with E-state index in [0.29, 0.717) is 6.61 Å². The second-order valence-corrected chi connectivity index (χ2v) is 4.99. The minimum Gasteiger partial charge on any atom is -0.465 e. The third-order valence-corrected chi connectivity index (χ3v) is 3.28. The number of unbranched alkanes of at least 4 members (excludes halogenated alkanes) is 1. The molecule has 0 fully saturated rings. The zero-order valence-electron chi connectivity index (χ0n) is 7.19. The highest BCUT2D eigenvalue weighted by Gasteiger charge is 2.14. The number of esters is 1. The van der Waals surface area contributed by atoms with Gasteiger partial charge in [-0.25, -0.2) is 0 Å². The molecule has 0 aliphatic carbocycles. The van der Waals surface area contributed by atoms with Gasteiger partial charge in [0, 0.05) is 0 Å². The van der Waals surface area contributed by atoms with Crippen LogP contribution in [0.1, 0.15) is 26.2 Å². The molecule has 0 aliphatic rings. The smallest absolute Gasteiger partial charge is 0.318 e. The van der Waals surface area contributed by atoms with E-state index in [9.17, 15) is 4.79 Å². The third kappa shape index (κ3) is 6.45. The van der Waals surface area contributed by atoms with Gasteiger partial charge in [-0.1, -0.05) is 51.6 Å². The lowest BCUT2D eigenvalue weighted by Gasteiger charge is -2.07. The Morgan fingerprint density at radius 1 is 1.50 bits per heavy atom. The summed E-state index contributed by atoms with van der Waals surface area (Å²) in [5.41, 5.74) is 0. The number of carbonyl (C=O) groups excluding carboxylic acids is 1. The highest BCUT2D eigenvalue weighted by Crippen LogP contribution is 2.12. The molecule has 12 heavy (non-hydrogen) atoms. The maximum Gasteiger partial charge on any atom is 0.318 e. The molecule has 72 valence electrons. The molecule has 0 radical (unpaired) electrons. The molecule has 1 atom stereocenters. The highest BCUT2D eigenvalue weighted by atomic mass is 127. The van der Waals surface area contributed by atoms with Crippen LogP contribution < -0.4 is 0 Å². The van der Waals surface area contributed by atoms with Gasteiger partial charge in [-0.3, -0.25) is 4.79 Å². The number of ether oxygens (including phenoxy) is 1. The molecule has 0 aliphatic heterocycles. The van der Waals surface area contributed by atoms with Crippen molar-refractivity contribution in [3.8, 4) is 0 Å². The number of rotatable bonds is 6. The molecule has 0 aromatic carbocycles. The first kappa shape index (κ1) is 12.9. The molecule has 1 unspecified atom stereocenters. The Labute approximate surface area is 101 Å². The molecule has 4 heteroatoms. The first-order chi connectivity index (χ1) is 5.72. The van der Waals surface area contributed by atoms with Crippen molar-refractivity contribution < 1.29 is 9.53 Å². The van der Waals surface area contributed by atoms with Crippen molar-refractivity contribution in [3.05, 3.63) is 0 Å². The van der Waals surface area contributed by atoms with Gasteiger partial charge < -0.3 is 4.74 Å². The lowest BCUT2D eigenvalue weighted by atomic mass is 10.2. The summed E-state index contributed by atoms with van der Waals surface area (Å²) in [5.74, 6) is -0.0634. The second kappa shape index (κ2) is 8.52. The molecule has 0 heterocycles. The standard InChI is InChI=1S/C8H14I2O2/c1-2-12-8(11)7(10)5-3-4-6-9/h7H,2-6H2,1H3. The van der Waals surface area contributed by atoms with E-state index in [-0.39, 0.29) is 9.89 Å².